The molecule has 0 aliphatic rings. The third-order valence-electron chi connectivity index (χ3n) is 3.19. The molecule has 0 spiro atoms. The summed E-state index contributed by atoms with van der Waals surface area (Å²) >= 11 is 1.26. The fourth-order valence-corrected chi connectivity index (χ4v) is 4.17. The van der Waals surface area contributed by atoms with Gasteiger partial charge in [0, 0.05) is 13.1 Å². The number of thiophene rings is 1. The van der Waals surface area contributed by atoms with E-state index in [1.54, 1.807) is 6.07 Å². The standard InChI is InChI=1S/C15H20N2O2S2/c1-3-16-9-13-8-15(20-11-13)21(18,19)17-10-14-7-5-4-6-12(14)2/h4-8,11,16-17H,3,9-10H2,1-2H3. The normalized spacial score (nSPS) is 11.7. The molecule has 0 atom stereocenters. The molecule has 114 valence electrons. The van der Waals surface area contributed by atoms with Crippen molar-refractivity contribution in [3.8, 4) is 0 Å². The number of nitrogens with one attached hydrogen (secondary N) is 2. The van der Waals surface area contributed by atoms with E-state index in [2.05, 4.69) is 10.0 Å². The minimum atomic E-state index is -3.44. The summed E-state index contributed by atoms with van der Waals surface area (Å²) in [5.41, 5.74) is 3.07. The highest BCUT2D eigenvalue weighted by atomic mass is 32.2. The van der Waals surface area contributed by atoms with E-state index in [1.165, 1.54) is 11.3 Å². The van der Waals surface area contributed by atoms with Gasteiger partial charge in [-0.15, -0.1) is 11.3 Å². The largest absolute Gasteiger partial charge is 0.313 e. The smallest absolute Gasteiger partial charge is 0.250 e. The van der Waals surface area contributed by atoms with Gasteiger partial charge in [0.15, 0.2) is 0 Å². The van der Waals surface area contributed by atoms with Gasteiger partial charge in [-0.25, -0.2) is 13.1 Å². The SMILES string of the molecule is CCNCc1csc(S(=O)(=O)NCc2ccccc2C)c1. The van der Waals surface area contributed by atoms with Crippen LogP contribution < -0.4 is 10.0 Å². The van der Waals surface area contributed by atoms with Gasteiger partial charge in [-0.05, 0) is 41.6 Å². The van der Waals surface area contributed by atoms with Crippen molar-refractivity contribution >= 4 is 21.4 Å². The molecule has 0 aliphatic heterocycles. The lowest BCUT2D eigenvalue weighted by molar-refractivity contribution is 0.583. The van der Waals surface area contributed by atoms with Gasteiger partial charge >= 0.3 is 0 Å². The van der Waals surface area contributed by atoms with Crippen molar-refractivity contribution in [2.24, 2.45) is 0 Å². The molecule has 2 N–H and O–H groups in total. The molecule has 2 aromatic rings. The van der Waals surface area contributed by atoms with Gasteiger partial charge in [-0.1, -0.05) is 31.2 Å². The Bertz CT molecular complexity index is 693. The zero-order valence-corrected chi connectivity index (χ0v) is 13.9. The fraction of sp³-hybridized carbons (Fsp3) is 0.333. The van der Waals surface area contributed by atoms with Crippen LogP contribution in [0, 0.1) is 6.92 Å². The first kappa shape index (κ1) is 16.2. The molecule has 1 aromatic heterocycles. The van der Waals surface area contributed by atoms with Crippen LogP contribution in [-0.2, 0) is 23.1 Å². The minimum Gasteiger partial charge on any atom is -0.313 e. The number of aryl methyl sites for hydroxylation is 1. The van der Waals surface area contributed by atoms with Crippen LogP contribution in [-0.4, -0.2) is 15.0 Å². The molecule has 0 saturated carbocycles. The Morgan fingerprint density at radius 1 is 1.19 bits per heavy atom. The van der Waals surface area contributed by atoms with E-state index in [4.69, 9.17) is 0 Å². The highest BCUT2D eigenvalue weighted by Gasteiger charge is 2.16. The van der Waals surface area contributed by atoms with Crippen LogP contribution >= 0.6 is 11.3 Å². The lowest BCUT2D eigenvalue weighted by atomic mass is 10.1. The molecule has 0 radical (unpaired) electrons. The molecule has 1 heterocycles. The average molecular weight is 324 g/mol. The molecule has 1 aromatic carbocycles. The second-order valence-corrected chi connectivity index (χ2v) is 7.71. The highest BCUT2D eigenvalue weighted by Crippen LogP contribution is 2.20. The topological polar surface area (TPSA) is 58.2 Å². The number of benzene rings is 1. The summed E-state index contributed by atoms with van der Waals surface area (Å²) in [4.78, 5) is 0. The molecule has 21 heavy (non-hydrogen) atoms. The summed E-state index contributed by atoms with van der Waals surface area (Å²) in [6, 6.07) is 9.50. The number of hydrogen-bond donors (Lipinski definition) is 2. The summed E-state index contributed by atoms with van der Waals surface area (Å²) in [6.45, 7) is 5.87. The number of hydrogen-bond acceptors (Lipinski definition) is 4. The van der Waals surface area contributed by atoms with E-state index in [9.17, 15) is 8.42 Å². The van der Waals surface area contributed by atoms with E-state index in [-0.39, 0.29) is 0 Å². The van der Waals surface area contributed by atoms with E-state index in [1.807, 2.05) is 43.5 Å². The van der Waals surface area contributed by atoms with Gasteiger partial charge in [0.05, 0.1) is 0 Å². The maximum absolute atomic E-state index is 12.3. The Hall–Kier alpha value is -1.21. The maximum Gasteiger partial charge on any atom is 0.250 e. The zero-order valence-electron chi connectivity index (χ0n) is 12.2. The Labute approximate surface area is 130 Å². The van der Waals surface area contributed by atoms with E-state index in [0.717, 1.165) is 23.2 Å². The van der Waals surface area contributed by atoms with Crippen LogP contribution in [0.3, 0.4) is 0 Å². The Morgan fingerprint density at radius 3 is 2.67 bits per heavy atom. The lowest BCUT2D eigenvalue weighted by Gasteiger charge is -2.07. The Balaban J connectivity index is 2.05. The molecule has 0 unspecified atom stereocenters. The van der Waals surface area contributed by atoms with Gasteiger partial charge < -0.3 is 5.32 Å². The lowest BCUT2D eigenvalue weighted by Crippen LogP contribution is -2.22. The van der Waals surface area contributed by atoms with Crippen LogP contribution in [0.15, 0.2) is 39.9 Å². The van der Waals surface area contributed by atoms with Crippen molar-refractivity contribution in [2.75, 3.05) is 6.54 Å². The second-order valence-electron chi connectivity index (χ2n) is 4.81. The van der Waals surface area contributed by atoms with Crippen LogP contribution in [0.25, 0.3) is 0 Å². The van der Waals surface area contributed by atoms with E-state index < -0.39 is 10.0 Å². The molecule has 0 bridgehead atoms. The van der Waals surface area contributed by atoms with Crippen LogP contribution in [0.4, 0.5) is 0 Å². The van der Waals surface area contributed by atoms with Gasteiger partial charge in [-0.3, -0.25) is 0 Å². The molecular formula is C15H20N2O2S2. The zero-order chi connectivity index (χ0) is 15.3. The van der Waals surface area contributed by atoms with Crippen molar-refractivity contribution in [3.63, 3.8) is 0 Å². The highest BCUT2D eigenvalue weighted by molar-refractivity contribution is 7.91. The first-order valence-electron chi connectivity index (χ1n) is 6.85. The van der Waals surface area contributed by atoms with Crippen molar-refractivity contribution in [3.05, 3.63) is 52.4 Å². The number of rotatable bonds is 7. The van der Waals surface area contributed by atoms with Crippen LogP contribution in [0.2, 0.25) is 0 Å². The van der Waals surface area contributed by atoms with Gasteiger partial charge in [0.2, 0.25) is 10.0 Å². The second kappa shape index (κ2) is 7.17. The molecule has 4 nitrogen and oxygen atoms in total. The first-order chi connectivity index (χ1) is 10.0. The molecule has 0 aliphatic carbocycles. The summed E-state index contributed by atoms with van der Waals surface area (Å²) in [5.74, 6) is 0. The quantitative estimate of drug-likeness (QED) is 0.823. The summed E-state index contributed by atoms with van der Waals surface area (Å²) < 4.78 is 27.6. The molecule has 0 fully saturated rings. The van der Waals surface area contributed by atoms with E-state index >= 15 is 0 Å². The van der Waals surface area contributed by atoms with Crippen molar-refractivity contribution in [1.82, 2.24) is 10.0 Å². The minimum absolute atomic E-state index is 0.315. The monoisotopic (exact) mass is 324 g/mol. The molecule has 2 rings (SSSR count). The Kier molecular flexibility index (Phi) is 5.52. The van der Waals surface area contributed by atoms with E-state index in [0.29, 0.717) is 17.3 Å². The molecule has 0 amide bonds. The molecule has 6 heteroatoms. The third-order valence-corrected chi connectivity index (χ3v) is 6.08. The first-order valence-corrected chi connectivity index (χ1v) is 9.21. The predicted molar refractivity (Wildman–Crippen MR) is 86.9 cm³/mol. The van der Waals surface area contributed by atoms with Crippen LogP contribution in [0.5, 0.6) is 0 Å². The predicted octanol–water partition coefficient (Wildman–Crippen LogP) is 2.64. The summed E-state index contributed by atoms with van der Waals surface area (Å²) in [7, 11) is -3.44. The van der Waals surface area contributed by atoms with Crippen LogP contribution in [0.1, 0.15) is 23.6 Å². The van der Waals surface area contributed by atoms with Crippen molar-refractivity contribution in [2.45, 2.75) is 31.1 Å². The van der Waals surface area contributed by atoms with Crippen molar-refractivity contribution in [1.29, 1.82) is 0 Å². The number of sulfonamides is 1. The van der Waals surface area contributed by atoms with Gasteiger partial charge in [0.1, 0.15) is 4.21 Å². The third kappa shape index (κ3) is 4.38. The van der Waals surface area contributed by atoms with Crippen molar-refractivity contribution < 1.29 is 8.42 Å². The van der Waals surface area contributed by atoms with Gasteiger partial charge in [-0.2, -0.15) is 0 Å². The van der Waals surface area contributed by atoms with Gasteiger partial charge in [0.25, 0.3) is 0 Å². The summed E-state index contributed by atoms with van der Waals surface area (Å²) in [6.07, 6.45) is 0. The average Bonchev–Trinajstić information content (AvgIpc) is 2.94. The maximum atomic E-state index is 12.3. The Morgan fingerprint density at radius 2 is 1.95 bits per heavy atom. The molecule has 0 saturated heterocycles. The molecular weight excluding hydrogens is 304 g/mol. The fourth-order valence-electron chi connectivity index (χ4n) is 1.91. The summed E-state index contributed by atoms with van der Waals surface area (Å²) in [5, 5.41) is 5.07.